The van der Waals surface area contributed by atoms with Gasteiger partial charge in [0.25, 0.3) is 5.91 Å². The molecule has 2 N–H and O–H groups in total. The van der Waals surface area contributed by atoms with Gasteiger partial charge in [-0.25, -0.2) is 0 Å². The third-order valence-corrected chi connectivity index (χ3v) is 6.28. The van der Waals surface area contributed by atoms with Gasteiger partial charge in [-0.05, 0) is 35.6 Å². The predicted octanol–water partition coefficient (Wildman–Crippen LogP) is 3.01. The van der Waals surface area contributed by atoms with Gasteiger partial charge in [-0.3, -0.25) is 9.59 Å². The molecule has 1 atom stereocenters. The van der Waals surface area contributed by atoms with E-state index in [1.165, 1.54) is 23.5 Å². The van der Waals surface area contributed by atoms with Gasteiger partial charge in [0.2, 0.25) is 0 Å². The molecule has 0 aliphatic carbocycles. The highest BCUT2D eigenvalue weighted by Gasteiger charge is 2.17. The maximum absolute atomic E-state index is 11.9. The highest BCUT2D eigenvalue weighted by molar-refractivity contribution is 8.16. The second kappa shape index (κ2) is 7.75. The Kier molecular flexibility index (Phi) is 5.99. The van der Waals surface area contributed by atoms with Crippen LogP contribution in [-0.2, 0) is 4.79 Å². The van der Waals surface area contributed by atoms with Crippen molar-refractivity contribution in [3.8, 4) is 0 Å². The molecule has 1 aromatic carbocycles. The van der Waals surface area contributed by atoms with Crippen LogP contribution in [0.5, 0.6) is 0 Å². The number of hydrogen-bond donors (Lipinski definition) is 2. The van der Waals surface area contributed by atoms with Crippen LogP contribution in [0.3, 0.4) is 0 Å². The van der Waals surface area contributed by atoms with Crippen LogP contribution in [0.2, 0.25) is 0 Å². The number of carboxylic acid groups (broad SMARTS) is 1. The molecule has 0 radical (unpaired) electrons. The normalized spacial score (nSPS) is 17.2. The highest BCUT2D eigenvalue weighted by atomic mass is 32.2. The molecular weight excluding hydrogens is 306 g/mol. The number of amides is 1. The van der Waals surface area contributed by atoms with Crippen molar-refractivity contribution in [1.29, 1.82) is 0 Å². The third-order valence-electron chi connectivity index (χ3n) is 3.26. The van der Waals surface area contributed by atoms with E-state index < -0.39 is 11.9 Å². The summed E-state index contributed by atoms with van der Waals surface area (Å²) in [5.41, 5.74) is 1.81. The van der Waals surface area contributed by atoms with Crippen LogP contribution in [0.15, 0.2) is 24.3 Å². The lowest BCUT2D eigenvalue weighted by atomic mass is 10.1. The summed E-state index contributed by atoms with van der Waals surface area (Å²) < 4.78 is 0.461. The van der Waals surface area contributed by atoms with Crippen molar-refractivity contribution in [2.24, 2.45) is 5.92 Å². The Bertz CT molecular complexity index is 498. The van der Waals surface area contributed by atoms with E-state index in [0.29, 0.717) is 10.1 Å². The molecule has 6 heteroatoms. The van der Waals surface area contributed by atoms with Crippen LogP contribution in [0.25, 0.3) is 0 Å². The minimum Gasteiger partial charge on any atom is -0.481 e. The Morgan fingerprint density at radius 2 is 1.90 bits per heavy atom. The molecule has 0 spiro atoms. The van der Waals surface area contributed by atoms with Crippen molar-refractivity contribution in [3.63, 3.8) is 0 Å². The Labute approximate surface area is 133 Å². The summed E-state index contributed by atoms with van der Waals surface area (Å²) >= 11 is 3.89. The molecule has 1 aromatic rings. The van der Waals surface area contributed by atoms with Crippen molar-refractivity contribution >= 4 is 35.4 Å². The number of nitrogens with one attached hydrogen (secondary N) is 1. The average molecular weight is 325 g/mol. The number of aliphatic carboxylic acids is 1. The fraction of sp³-hybridized carbons (Fsp3) is 0.467. The van der Waals surface area contributed by atoms with E-state index in [1.54, 1.807) is 6.92 Å². The molecule has 0 aromatic heterocycles. The smallest absolute Gasteiger partial charge is 0.308 e. The molecule has 1 heterocycles. The van der Waals surface area contributed by atoms with Gasteiger partial charge < -0.3 is 10.4 Å². The van der Waals surface area contributed by atoms with E-state index in [0.717, 1.165) is 0 Å². The fourth-order valence-electron chi connectivity index (χ4n) is 1.91. The van der Waals surface area contributed by atoms with E-state index in [-0.39, 0.29) is 12.5 Å². The number of hydrogen-bond acceptors (Lipinski definition) is 4. The Hall–Kier alpha value is -1.14. The number of carbonyl (C=O) groups excluding carboxylic acids is 1. The molecular formula is C15H19NO3S2. The van der Waals surface area contributed by atoms with Gasteiger partial charge in [-0.2, -0.15) is 0 Å². The van der Waals surface area contributed by atoms with Crippen LogP contribution in [0, 0.1) is 5.92 Å². The number of thioether (sulfide) groups is 2. The zero-order valence-electron chi connectivity index (χ0n) is 11.9. The summed E-state index contributed by atoms with van der Waals surface area (Å²) in [6, 6.07) is 7.61. The van der Waals surface area contributed by atoms with Crippen molar-refractivity contribution in [2.45, 2.75) is 17.9 Å². The van der Waals surface area contributed by atoms with Crippen LogP contribution in [0.4, 0.5) is 0 Å². The first kappa shape index (κ1) is 16.2. The van der Waals surface area contributed by atoms with Crippen molar-refractivity contribution in [2.75, 3.05) is 18.1 Å². The number of carboxylic acids is 1. The summed E-state index contributed by atoms with van der Waals surface area (Å²) in [5.74, 6) is 0.666. The topological polar surface area (TPSA) is 66.4 Å². The van der Waals surface area contributed by atoms with Gasteiger partial charge >= 0.3 is 5.97 Å². The SMILES string of the molecule is CC(CNC(=O)c1ccc(C2SCCCS2)cc1)C(=O)O. The van der Waals surface area contributed by atoms with Crippen molar-refractivity contribution < 1.29 is 14.7 Å². The molecule has 1 saturated heterocycles. The molecule has 2 rings (SSSR count). The Morgan fingerprint density at radius 1 is 1.29 bits per heavy atom. The molecule has 1 unspecified atom stereocenters. The van der Waals surface area contributed by atoms with Crippen LogP contribution < -0.4 is 5.32 Å². The van der Waals surface area contributed by atoms with E-state index in [1.807, 2.05) is 47.8 Å². The van der Waals surface area contributed by atoms with Gasteiger partial charge in [0.05, 0.1) is 10.5 Å². The second-order valence-corrected chi connectivity index (χ2v) is 7.72. The summed E-state index contributed by atoms with van der Waals surface area (Å²) in [6.07, 6.45) is 1.26. The zero-order chi connectivity index (χ0) is 15.2. The third kappa shape index (κ3) is 4.68. The molecule has 1 amide bonds. The van der Waals surface area contributed by atoms with Gasteiger partial charge in [-0.1, -0.05) is 19.1 Å². The summed E-state index contributed by atoms with van der Waals surface area (Å²) in [6.45, 7) is 1.72. The summed E-state index contributed by atoms with van der Waals surface area (Å²) in [7, 11) is 0. The molecule has 4 nitrogen and oxygen atoms in total. The maximum atomic E-state index is 11.9. The van der Waals surface area contributed by atoms with Crippen LogP contribution in [-0.4, -0.2) is 35.0 Å². The van der Waals surface area contributed by atoms with E-state index >= 15 is 0 Å². The second-order valence-electron chi connectivity index (χ2n) is 5.00. The Morgan fingerprint density at radius 3 is 2.48 bits per heavy atom. The lowest BCUT2D eigenvalue weighted by molar-refractivity contribution is -0.140. The zero-order valence-corrected chi connectivity index (χ0v) is 13.5. The molecule has 1 aliphatic heterocycles. The minimum atomic E-state index is -0.906. The van der Waals surface area contributed by atoms with E-state index in [4.69, 9.17) is 5.11 Å². The molecule has 0 bridgehead atoms. The van der Waals surface area contributed by atoms with Crippen LogP contribution in [0.1, 0.15) is 33.8 Å². The molecule has 1 fully saturated rings. The number of benzene rings is 1. The first-order valence-corrected chi connectivity index (χ1v) is 9.02. The standard InChI is InChI=1S/C15H19NO3S2/c1-10(14(18)19)9-16-13(17)11-3-5-12(6-4-11)15-20-7-2-8-21-15/h3-6,10,15H,2,7-9H2,1H3,(H,16,17)(H,18,19). The molecule has 0 saturated carbocycles. The first-order valence-electron chi connectivity index (χ1n) is 6.92. The minimum absolute atomic E-state index is 0.143. The lowest BCUT2D eigenvalue weighted by Crippen LogP contribution is -2.31. The average Bonchev–Trinajstić information content (AvgIpc) is 2.53. The van der Waals surface area contributed by atoms with E-state index in [9.17, 15) is 9.59 Å². The van der Waals surface area contributed by atoms with Crippen molar-refractivity contribution in [1.82, 2.24) is 5.32 Å². The maximum Gasteiger partial charge on any atom is 0.308 e. The highest BCUT2D eigenvalue weighted by Crippen LogP contribution is 2.43. The first-order chi connectivity index (χ1) is 10.1. The number of rotatable bonds is 5. The van der Waals surface area contributed by atoms with Gasteiger partial charge in [-0.15, -0.1) is 23.5 Å². The fourth-order valence-corrected chi connectivity index (χ4v) is 4.80. The van der Waals surface area contributed by atoms with Gasteiger partial charge in [0.15, 0.2) is 0 Å². The number of carbonyl (C=O) groups is 2. The quantitative estimate of drug-likeness (QED) is 0.871. The monoisotopic (exact) mass is 325 g/mol. The molecule has 21 heavy (non-hydrogen) atoms. The lowest BCUT2D eigenvalue weighted by Gasteiger charge is -2.21. The largest absolute Gasteiger partial charge is 0.481 e. The van der Waals surface area contributed by atoms with Crippen molar-refractivity contribution in [3.05, 3.63) is 35.4 Å². The Balaban J connectivity index is 1.91. The molecule has 114 valence electrons. The van der Waals surface area contributed by atoms with E-state index in [2.05, 4.69) is 5.32 Å². The predicted molar refractivity (Wildman–Crippen MR) is 87.8 cm³/mol. The van der Waals surface area contributed by atoms with Gasteiger partial charge in [0.1, 0.15) is 0 Å². The summed E-state index contributed by atoms with van der Waals surface area (Å²) in [5, 5.41) is 11.4. The van der Waals surface area contributed by atoms with Crippen LogP contribution >= 0.6 is 23.5 Å². The van der Waals surface area contributed by atoms with Gasteiger partial charge in [0, 0.05) is 12.1 Å². The summed E-state index contributed by atoms with van der Waals surface area (Å²) in [4.78, 5) is 22.7. The molecule has 1 aliphatic rings.